The van der Waals surface area contributed by atoms with Crippen LogP contribution in [0.1, 0.15) is 27.2 Å². The maximum atomic E-state index is 5.56. The average molecular weight is 253 g/mol. The van der Waals surface area contributed by atoms with E-state index in [1.165, 1.54) is 10.9 Å². The van der Waals surface area contributed by atoms with E-state index in [0.29, 0.717) is 3.43 Å². The van der Waals surface area contributed by atoms with Gasteiger partial charge in [0.1, 0.15) is 0 Å². The Labute approximate surface area is 73.6 Å². The predicted molar refractivity (Wildman–Crippen MR) is 45.6 cm³/mol. The van der Waals surface area contributed by atoms with E-state index in [4.69, 9.17) is 11.6 Å². The zero-order valence-corrected chi connectivity index (χ0v) is 10.1. The zero-order valence-electron chi connectivity index (χ0n) is 6.50. The summed E-state index contributed by atoms with van der Waals surface area (Å²) in [6.45, 7) is 7.02. The van der Waals surface area contributed by atoms with Crippen LogP contribution in [0.3, 0.4) is 0 Å². The average Bonchev–Trinajstić information content (AvgIpc) is 1.63. The first-order valence-electron chi connectivity index (χ1n) is 3.37. The zero-order chi connectivity index (χ0) is 7.33. The van der Waals surface area contributed by atoms with Crippen molar-refractivity contribution < 1.29 is 0 Å². The molecule has 0 aromatic carbocycles. The second kappa shape index (κ2) is 4.84. The van der Waals surface area contributed by atoms with E-state index in [1.54, 1.807) is 0 Å². The van der Waals surface area contributed by atoms with Crippen LogP contribution in [0, 0.1) is 0 Å². The quantitative estimate of drug-likeness (QED) is 0.412. The summed E-state index contributed by atoms with van der Waals surface area (Å²) in [5.74, 6) is 0.858. The number of alkyl halides is 1. The van der Waals surface area contributed by atoms with E-state index in [1.807, 2.05) is 0 Å². The number of rotatable bonds is 3. The summed E-state index contributed by atoms with van der Waals surface area (Å²) in [7, 11) is 0. The van der Waals surface area contributed by atoms with Gasteiger partial charge in [0.2, 0.25) is 0 Å². The molecule has 2 radical (unpaired) electrons. The fourth-order valence-electron chi connectivity index (χ4n) is 0.530. The van der Waals surface area contributed by atoms with Gasteiger partial charge in [-0.2, -0.15) is 0 Å². The normalized spacial score (nSPS) is 12.0. The Balaban J connectivity index is 3.07. The SMILES string of the molecule is C[C](C)(C)[Sn][CH2]CCCl. The van der Waals surface area contributed by atoms with E-state index >= 15 is 0 Å². The molecule has 0 saturated carbocycles. The molecule has 0 aromatic rings. The van der Waals surface area contributed by atoms with Crippen LogP contribution in [0.15, 0.2) is 0 Å². The summed E-state index contributed by atoms with van der Waals surface area (Å²) >= 11 is 5.46. The van der Waals surface area contributed by atoms with E-state index < -0.39 is 0 Å². The molecule has 0 nitrogen and oxygen atoms in total. The Morgan fingerprint density at radius 3 is 2.22 bits per heavy atom. The Hall–Kier alpha value is 1.09. The Morgan fingerprint density at radius 2 is 1.89 bits per heavy atom. The van der Waals surface area contributed by atoms with Gasteiger partial charge in [-0.3, -0.25) is 0 Å². The van der Waals surface area contributed by atoms with Crippen LogP contribution in [0.2, 0.25) is 7.87 Å². The van der Waals surface area contributed by atoms with Gasteiger partial charge < -0.3 is 0 Å². The molecule has 0 spiro atoms. The van der Waals surface area contributed by atoms with Crippen LogP contribution in [0.5, 0.6) is 0 Å². The summed E-state index contributed by atoms with van der Waals surface area (Å²) in [5, 5.41) is 0. The third-order valence-corrected chi connectivity index (χ3v) is 5.98. The second-order valence-electron chi connectivity index (χ2n) is 3.22. The van der Waals surface area contributed by atoms with Crippen molar-refractivity contribution in [2.45, 2.75) is 35.1 Å². The second-order valence-corrected chi connectivity index (χ2v) is 10.3. The van der Waals surface area contributed by atoms with Crippen LogP contribution in [0.4, 0.5) is 0 Å². The number of hydrogen-bond acceptors (Lipinski definition) is 0. The van der Waals surface area contributed by atoms with E-state index in [2.05, 4.69) is 20.8 Å². The van der Waals surface area contributed by atoms with Crippen LogP contribution in [-0.4, -0.2) is 27.0 Å². The molecule has 0 saturated heterocycles. The fraction of sp³-hybridized carbons (Fsp3) is 1.00. The molecule has 0 heterocycles. The van der Waals surface area contributed by atoms with Crippen molar-refractivity contribution in [2.75, 3.05) is 5.88 Å². The third-order valence-electron chi connectivity index (χ3n) is 0.966. The van der Waals surface area contributed by atoms with Crippen LogP contribution < -0.4 is 0 Å². The van der Waals surface area contributed by atoms with E-state index in [-0.39, 0.29) is 21.1 Å². The van der Waals surface area contributed by atoms with Crippen molar-refractivity contribution in [2.24, 2.45) is 0 Å². The van der Waals surface area contributed by atoms with Crippen molar-refractivity contribution in [3.05, 3.63) is 0 Å². The molecule has 9 heavy (non-hydrogen) atoms. The van der Waals surface area contributed by atoms with Crippen molar-refractivity contribution in [1.29, 1.82) is 0 Å². The van der Waals surface area contributed by atoms with Crippen molar-refractivity contribution in [3.8, 4) is 0 Å². The van der Waals surface area contributed by atoms with Gasteiger partial charge in [0.25, 0.3) is 0 Å². The molecule has 0 unspecified atom stereocenters. The summed E-state index contributed by atoms with van der Waals surface area (Å²) in [6.07, 6.45) is 1.24. The first kappa shape index (κ1) is 10.1. The van der Waals surface area contributed by atoms with Gasteiger partial charge in [-0.05, 0) is 0 Å². The predicted octanol–water partition coefficient (Wildman–Crippen LogP) is 2.96. The van der Waals surface area contributed by atoms with Gasteiger partial charge in [0.05, 0.1) is 0 Å². The molecule has 0 rings (SSSR count). The first-order chi connectivity index (χ1) is 4.06. The molecular formula is C7H15ClSn. The summed E-state index contributed by atoms with van der Waals surface area (Å²) in [5.41, 5.74) is 0. The number of halogens is 1. The van der Waals surface area contributed by atoms with Crippen molar-refractivity contribution >= 4 is 32.7 Å². The van der Waals surface area contributed by atoms with Gasteiger partial charge in [0.15, 0.2) is 0 Å². The molecule has 0 atom stereocenters. The van der Waals surface area contributed by atoms with Gasteiger partial charge in [0, 0.05) is 0 Å². The molecule has 0 fully saturated rings. The minimum absolute atomic E-state index is 0.101. The topological polar surface area (TPSA) is 0 Å². The van der Waals surface area contributed by atoms with E-state index in [9.17, 15) is 0 Å². The van der Waals surface area contributed by atoms with Crippen LogP contribution in [0.25, 0.3) is 0 Å². The van der Waals surface area contributed by atoms with E-state index in [0.717, 1.165) is 5.88 Å². The van der Waals surface area contributed by atoms with Gasteiger partial charge >= 0.3 is 73.7 Å². The van der Waals surface area contributed by atoms with Crippen LogP contribution in [-0.2, 0) is 0 Å². The fourth-order valence-corrected chi connectivity index (χ4v) is 4.45. The Bertz CT molecular complexity index is 65.8. The molecule has 0 N–H and O–H groups in total. The first-order valence-corrected chi connectivity index (χ1v) is 7.35. The molecule has 0 aliphatic rings. The van der Waals surface area contributed by atoms with Crippen molar-refractivity contribution in [3.63, 3.8) is 0 Å². The molecule has 2 heteroatoms. The van der Waals surface area contributed by atoms with Crippen LogP contribution >= 0.6 is 11.6 Å². The molecule has 0 bridgehead atoms. The summed E-state index contributed by atoms with van der Waals surface area (Å²) in [6, 6.07) is 0. The monoisotopic (exact) mass is 254 g/mol. The maximum absolute atomic E-state index is 5.56. The molecule has 0 amide bonds. The standard InChI is InChI=1S/C4H9.C3H6Cl.Sn/c1-4(2)3;1-2-3-4;/h1-3H3;1-3H2;. The molecule has 54 valence electrons. The Kier molecular flexibility index (Phi) is 5.42. The number of hydrogen-bond donors (Lipinski definition) is 0. The third kappa shape index (κ3) is 9.09. The van der Waals surface area contributed by atoms with Gasteiger partial charge in [-0.25, -0.2) is 0 Å². The van der Waals surface area contributed by atoms with Gasteiger partial charge in [-0.1, -0.05) is 0 Å². The van der Waals surface area contributed by atoms with Gasteiger partial charge in [-0.15, -0.1) is 0 Å². The molecular weight excluding hydrogens is 238 g/mol. The van der Waals surface area contributed by atoms with Crippen molar-refractivity contribution in [1.82, 2.24) is 0 Å². The molecule has 0 aliphatic heterocycles. The molecule has 0 aromatic heterocycles. The minimum atomic E-state index is -0.101. The summed E-state index contributed by atoms with van der Waals surface area (Å²) in [4.78, 5) is 0. The Morgan fingerprint density at radius 1 is 1.33 bits per heavy atom. The molecule has 0 aliphatic carbocycles. The summed E-state index contributed by atoms with van der Waals surface area (Å²) < 4.78 is 2.10.